The maximum absolute atomic E-state index is 12.9. The van der Waals surface area contributed by atoms with Gasteiger partial charge in [-0.25, -0.2) is 12.7 Å². The van der Waals surface area contributed by atoms with E-state index in [9.17, 15) is 18.0 Å². The van der Waals surface area contributed by atoms with E-state index in [1.54, 1.807) is 17.9 Å². The quantitative estimate of drug-likeness (QED) is 0.691. The highest BCUT2D eigenvalue weighted by Crippen LogP contribution is 2.30. The predicted molar refractivity (Wildman–Crippen MR) is 120 cm³/mol. The minimum absolute atomic E-state index is 0.103. The Balaban J connectivity index is 1.83. The monoisotopic (exact) mass is 493 g/mol. The Kier molecular flexibility index (Phi) is 6.35. The van der Waals surface area contributed by atoms with Gasteiger partial charge in [-0.05, 0) is 55.3 Å². The van der Waals surface area contributed by atoms with Crippen molar-refractivity contribution in [2.45, 2.75) is 25.2 Å². The van der Waals surface area contributed by atoms with E-state index in [1.807, 2.05) is 31.2 Å². The first-order chi connectivity index (χ1) is 14.0. The number of nitrogens with one attached hydrogen (secondary N) is 1. The molecule has 0 spiro atoms. The molecule has 160 valence electrons. The van der Waals surface area contributed by atoms with Crippen LogP contribution in [0.2, 0.25) is 0 Å². The van der Waals surface area contributed by atoms with Crippen molar-refractivity contribution in [2.75, 3.05) is 30.9 Å². The molecule has 2 aromatic rings. The van der Waals surface area contributed by atoms with Crippen LogP contribution in [0.15, 0.2) is 45.8 Å². The van der Waals surface area contributed by atoms with Gasteiger partial charge in [-0.1, -0.05) is 22.0 Å². The van der Waals surface area contributed by atoms with Gasteiger partial charge in [0.05, 0.1) is 10.8 Å². The maximum Gasteiger partial charge on any atom is 0.242 e. The van der Waals surface area contributed by atoms with E-state index in [0.717, 1.165) is 25.6 Å². The second kappa shape index (κ2) is 8.49. The summed E-state index contributed by atoms with van der Waals surface area (Å²) in [5.74, 6) is -0.946. The Morgan fingerprint density at radius 2 is 1.90 bits per heavy atom. The Hall–Kier alpha value is -2.23. The molecule has 0 bridgehead atoms. The van der Waals surface area contributed by atoms with Gasteiger partial charge in [0.1, 0.15) is 0 Å². The highest BCUT2D eigenvalue weighted by atomic mass is 79.9. The topological polar surface area (TPSA) is 86.8 Å². The molecular formula is C21H24BrN3O4S. The Morgan fingerprint density at radius 1 is 1.20 bits per heavy atom. The summed E-state index contributed by atoms with van der Waals surface area (Å²) in [5, 5.41) is 2.84. The van der Waals surface area contributed by atoms with Gasteiger partial charge in [-0.2, -0.15) is 0 Å². The molecule has 0 saturated carbocycles. The first-order valence-electron chi connectivity index (χ1n) is 9.41. The number of halogens is 1. The SMILES string of the molecule is Cc1cc(S(=O)(=O)N(C)C)cc(NC(=O)C2CC(=O)N(c3cccc(Br)c3)C2)c1C. The molecule has 30 heavy (non-hydrogen) atoms. The summed E-state index contributed by atoms with van der Waals surface area (Å²) in [6, 6.07) is 10.4. The van der Waals surface area contributed by atoms with E-state index in [0.29, 0.717) is 5.69 Å². The second-order valence-corrected chi connectivity index (χ2v) is 10.6. The molecule has 1 fully saturated rings. The first-order valence-corrected chi connectivity index (χ1v) is 11.6. The minimum Gasteiger partial charge on any atom is -0.325 e. The zero-order chi connectivity index (χ0) is 22.2. The molecule has 0 aliphatic carbocycles. The third kappa shape index (κ3) is 4.43. The van der Waals surface area contributed by atoms with Gasteiger partial charge in [0.25, 0.3) is 0 Å². The predicted octanol–water partition coefficient (Wildman–Crippen LogP) is 3.31. The van der Waals surface area contributed by atoms with Crippen LogP contribution < -0.4 is 10.2 Å². The van der Waals surface area contributed by atoms with Crippen molar-refractivity contribution < 1.29 is 18.0 Å². The molecule has 1 aliphatic heterocycles. The molecule has 0 radical (unpaired) electrons. The molecule has 2 amide bonds. The number of carbonyl (C=O) groups excluding carboxylic acids is 2. The third-order valence-electron chi connectivity index (χ3n) is 5.29. The molecule has 2 aromatic carbocycles. The summed E-state index contributed by atoms with van der Waals surface area (Å²) in [6.07, 6.45) is 0.103. The van der Waals surface area contributed by atoms with Crippen molar-refractivity contribution in [3.05, 3.63) is 52.0 Å². The van der Waals surface area contributed by atoms with Crippen LogP contribution in [0.3, 0.4) is 0 Å². The molecule has 7 nitrogen and oxygen atoms in total. The lowest BCUT2D eigenvalue weighted by Gasteiger charge is -2.19. The van der Waals surface area contributed by atoms with Crippen LogP contribution in [0.4, 0.5) is 11.4 Å². The van der Waals surface area contributed by atoms with Crippen LogP contribution >= 0.6 is 15.9 Å². The third-order valence-corrected chi connectivity index (χ3v) is 7.58. The number of aryl methyl sites for hydroxylation is 1. The Labute approximate surface area is 185 Å². The molecule has 9 heteroatoms. The zero-order valence-corrected chi connectivity index (χ0v) is 19.7. The molecule has 1 saturated heterocycles. The number of nitrogens with zero attached hydrogens (tertiary/aromatic N) is 2. The lowest BCUT2D eigenvalue weighted by molar-refractivity contribution is -0.122. The highest BCUT2D eigenvalue weighted by molar-refractivity contribution is 9.10. The van der Waals surface area contributed by atoms with Crippen molar-refractivity contribution in [2.24, 2.45) is 5.92 Å². The average molecular weight is 494 g/mol. The van der Waals surface area contributed by atoms with Crippen molar-refractivity contribution in [3.8, 4) is 0 Å². The van der Waals surface area contributed by atoms with Crippen LogP contribution in [-0.4, -0.2) is 45.2 Å². The van der Waals surface area contributed by atoms with E-state index in [4.69, 9.17) is 0 Å². The van der Waals surface area contributed by atoms with Crippen LogP contribution in [0.25, 0.3) is 0 Å². The van der Waals surface area contributed by atoms with Gasteiger partial charge >= 0.3 is 0 Å². The van der Waals surface area contributed by atoms with Gasteiger partial charge in [-0.15, -0.1) is 0 Å². The minimum atomic E-state index is -3.64. The molecule has 1 aliphatic rings. The fourth-order valence-electron chi connectivity index (χ4n) is 3.33. The van der Waals surface area contributed by atoms with Crippen molar-refractivity contribution in [3.63, 3.8) is 0 Å². The largest absolute Gasteiger partial charge is 0.325 e. The number of rotatable bonds is 5. The van der Waals surface area contributed by atoms with E-state index in [1.165, 1.54) is 20.2 Å². The molecule has 1 atom stereocenters. The molecule has 3 rings (SSSR count). The van der Waals surface area contributed by atoms with Crippen molar-refractivity contribution >= 4 is 49.1 Å². The van der Waals surface area contributed by atoms with Gasteiger partial charge < -0.3 is 10.2 Å². The molecule has 0 aromatic heterocycles. The van der Waals surface area contributed by atoms with Crippen LogP contribution in [0.5, 0.6) is 0 Å². The standard InChI is InChI=1S/C21H24BrN3O4S/c1-13-8-18(30(28,29)24(3)4)11-19(14(13)2)23-21(27)15-9-20(26)25(12-15)17-7-5-6-16(22)10-17/h5-8,10-11,15H,9,12H2,1-4H3,(H,23,27). The zero-order valence-electron chi connectivity index (χ0n) is 17.3. The van der Waals surface area contributed by atoms with E-state index < -0.39 is 15.9 Å². The fraction of sp³-hybridized carbons (Fsp3) is 0.333. The van der Waals surface area contributed by atoms with E-state index >= 15 is 0 Å². The first kappa shape index (κ1) is 22.5. The van der Waals surface area contributed by atoms with E-state index in [2.05, 4.69) is 21.2 Å². The fourth-order valence-corrected chi connectivity index (χ4v) is 4.73. The Morgan fingerprint density at radius 3 is 2.53 bits per heavy atom. The molecular weight excluding hydrogens is 470 g/mol. The number of benzene rings is 2. The summed E-state index contributed by atoms with van der Waals surface area (Å²) in [4.78, 5) is 27.1. The summed E-state index contributed by atoms with van der Waals surface area (Å²) < 4.78 is 27.0. The second-order valence-electron chi connectivity index (χ2n) is 7.57. The highest BCUT2D eigenvalue weighted by Gasteiger charge is 2.35. The number of anilines is 2. The smallest absolute Gasteiger partial charge is 0.242 e. The van der Waals surface area contributed by atoms with Gasteiger partial charge in [0.15, 0.2) is 0 Å². The molecule has 1 heterocycles. The van der Waals surface area contributed by atoms with Crippen molar-refractivity contribution in [1.29, 1.82) is 0 Å². The number of hydrogen-bond acceptors (Lipinski definition) is 4. The van der Waals surface area contributed by atoms with Gasteiger partial charge in [0.2, 0.25) is 21.8 Å². The lowest BCUT2D eigenvalue weighted by Crippen LogP contribution is -2.28. The average Bonchev–Trinajstić information content (AvgIpc) is 3.07. The lowest BCUT2D eigenvalue weighted by atomic mass is 10.1. The summed E-state index contributed by atoms with van der Waals surface area (Å²) in [7, 11) is -0.712. The number of carbonyl (C=O) groups is 2. The Bertz CT molecular complexity index is 1120. The van der Waals surface area contributed by atoms with Gasteiger partial charge in [0, 0.05) is 42.9 Å². The van der Waals surface area contributed by atoms with Crippen molar-refractivity contribution in [1.82, 2.24) is 4.31 Å². The molecule has 1 N–H and O–H groups in total. The van der Waals surface area contributed by atoms with E-state index in [-0.39, 0.29) is 29.7 Å². The number of amides is 2. The van der Waals surface area contributed by atoms with Crippen LogP contribution in [0, 0.1) is 19.8 Å². The normalized spacial score (nSPS) is 16.9. The van der Waals surface area contributed by atoms with Crippen LogP contribution in [0.1, 0.15) is 17.5 Å². The van der Waals surface area contributed by atoms with Crippen LogP contribution in [-0.2, 0) is 19.6 Å². The summed E-state index contributed by atoms with van der Waals surface area (Å²) in [5.41, 5.74) is 2.71. The summed E-state index contributed by atoms with van der Waals surface area (Å²) >= 11 is 3.40. The molecule has 1 unspecified atom stereocenters. The maximum atomic E-state index is 12.9. The summed E-state index contributed by atoms with van der Waals surface area (Å²) in [6.45, 7) is 3.90. The number of sulfonamides is 1. The number of hydrogen-bond donors (Lipinski definition) is 1. The van der Waals surface area contributed by atoms with Gasteiger partial charge in [-0.3, -0.25) is 9.59 Å².